The molecule has 0 saturated carbocycles. The van der Waals surface area contributed by atoms with Crippen molar-refractivity contribution in [2.45, 2.75) is 76.8 Å². The van der Waals surface area contributed by atoms with Crippen LogP contribution < -0.4 is 4.90 Å². The average molecular weight is 524 g/mol. The number of hydrogen-bond donors (Lipinski definition) is 0. The molecule has 0 N–H and O–H groups in total. The number of nitrogens with zero attached hydrogens (tertiary/aromatic N) is 5. The molecule has 3 unspecified atom stereocenters. The van der Waals surface area contributed by atoms with Crippen LogP contribution in [0.2, 0.25) is 0 Å². The summed E-state index contributed by atoms with van der Waals surface area (Å²) in [7, 11) is 4.37. The molecule has 2 saturated heterocycles. The van der Waals surface area contributed by atoms with Crippen LogP contribution in [0.3, 0.4) is 0 Å². The molecule has 5 rings (SSSR count). The molecule has 8 heteroatoms. The summed E-state index contributed by atoms with van der Waals surface area (Å²) >= 11 is 0. The van der Waals surface area contributed by atoms with Gasteiger partial charge in [0.05, 0.1) is 23.9 Å². The summed E-state index contributed by atoms with van der Waals surface area (Å²) in [5, 5.41) is 0. The minimum Gasteiger partial charge on any atom is -0.444 e. The molecule has 0 radical (unpaired) electrons. The number of ether oxygens (including phenoxy) is 2. The quantitative estimate of drug-likeness (QED) is 0.596. The molecule has 3 atom stereocenters. The standard InChI is InChI=1S/C30H45N5O3/c1-30(2,3)38-29(36)35-20-22-9-8-10-25(34-16-14-32(4)15-17-34)24(22)19-23(35)21-33(5)26-12-18-37-27-11-6-7-13-31-28(26)27/h7-10,13,23,26-27H,6,11-12,14-21H2,1-5H3. The second-order valence-electron chi connectivity index (χ2n) is 12.3. The van der Waals surface area contributed by atoms with Gasteiger partial charge in [-0.2, -0.15) is 0 Å². The third-order valence-electron chi connectivity index (χ3n) is 8.28. The number of benzene rings is 1. The fourth-order valence-corrected chi connectivity index (χ4v) is 6.24. The van der Waals surface area contributed by atoms with Crippen LogP contribution in [-0.4, -0.2) is 104 Å². The average Bonchev–Trinajstić information content (AvgIpc) is 3.13. The number of piperazine rings is 1. The van der Waals surface area contributed by atoms with E-state index in [1.807, 2.05) is 31.9 Å². The van der Waals surface area contributed by atoms with Crippen LogP contribution in [0.1, 0.15) is 51.2 Å². The van der Waals surface area contributed by atoms with Gasteiger partial charge in [-0.15, -0.1) is 0 Å². The number of hydrogen-bond acceptors (Lipinski definition) is 7. The van der Waals surface area contributed by atoms with Crippen molar-refractivity contribution in [3.63, 3.8) is 0 Å². The van der Waals surface area contributed by atoms with Gasteiger partial charge in [0.25, 0.3) is 0 Å². The number of aliphatic imine (C=N–C) groups is 1. The number of amides is 1. The number of allylic oxidation sites excluding steroid dienone is 1. The molecular weight excluding hydrogens is 478 g/mol. The zero-order valence-electron chi connectivity index (χ0n) is 23.9. The molecular formula is C30H45N5O3. The van der Waals surface area contributed by atoms with Gasteiger partial charge in [-0.1, -0.05) is 18.2 Å². The first-order valence-corrected chi connectivity index (χ1v) is 14.3. The molecule has 0 aromatic heterocycles. The van der Waals surface area contributed by atoms with Crippen LogP contribution >= 0.6 is 0 Å². The normalized spacial score (nSPS) is 26.5. The molecule has 1 amide bonds. The highest BCUT2D eigenvalue weighted by Crippen LogP contribution is 2.34. The van der Waals surface area contributed by atoms with Crippen LogP contribution in [-0.2, 0) is 22.4 Å². The lowest BCUT2D eigenvalue weighted by atomic mass is 9.90. The summed E-state index contributed by atoms with van der Waals surface area (Å²) in [6, 6.07) is 6.82. The molecule has 38 heavy (non-hydrogen) atoms. The highest BCUT2D eigenvalue weighted by Gasteiger charge is 2.38. The minimum atomic E-state index is -0.537. The predicted octanol–water partition coefficient (Wildman–Crippen LogP) is 3.94. The van der Waals surface area contributed by atoms with Gasteiger partial charge in [0.2, 0.25) is 0 Å². The molecule has 4 heterocycles. The summed E-state index contributed by atoms with van der Waals surface area (Å²) in [6.45, 7) is 12.1. The van der Waals surface area contributed by atoms with Crippen LogP contribution in [0.5, 0.6) is 0 Å². The van der Waals surface area contributed by atoms with Crippen molar-refractivity contribution in [1.82, 2.24) is 14.7 Å². The highest BCUT2D eigenvalue weighted by atomic mass is 16.6. The third-order valence-corrected chi connectivity index (χ3v) is 8.28. The number of carbonyl (C=O) groups excluding carboxylic acids is 1. The molecule has 1 aromatic carbocycles. The lowest BCUT2D eigenvalue weighted by Gasteiger charge is -2.44. The van der Waals surface area contributed by atoms with Crippen LogP contribution in [0.15, 0.2) is 35.5 Å². The van der Waals surface area contributed by atoms with Gasteiger partial charge in [-0.3, -0.25) is 14.8 Å². The lowest BCUT2D eigenvalue weighted by molar-refractivity contribution is 0.00509. The monoisotopic (exact) mass is 523 g/mol. The van der Waals surface area contributed by atoms with Gasteiger partial charge in [-0.05, 0) is 77.7 Å². The maximum absolute atomic E-state index is 13.5. The number of likely N-dealkylation sites (N-methyl/N-ethyl adjacent to an activating group) is 2. The van der Waals surface area contributed by atoms with Gasteiger partial charge >= 0.3 is 6.09 Å². The van der Waals surface area contributed by atoms with Crippen molar-refractivity contribution < 1.29 is 14.3 Å². The van der Waals surface area contributed by atoms with Crippen molar-refractivity contribution >= 4 is 17.5 Å². The van der Waals surface area contributed by atoms with E-state index in [1.54, 1.807) is 0 Å². The van der Waals surface area contributed by atoms with E-state index in [2.05, 4.69) is 53.1 Å². The highest BCUT2D eigenvalue weighted by molar-refractivity contribution is 5.94. The summed E-state index contributed by atoms with van der Waals surface area (Å²) in [5.74, 6) is 0. The zero-order valence-corrected chi connectivity index (χ0v) is 23.9. The van der Waals surface area contributed by atoms with E-state index in [0.717, 1.165) is 70.7 Å². The molecule has 2 fully saturated rings. The second-order valence-corrected chi connectivity index (χ2v) is 12.3. The molecule has 8 nitrogen and oxygen atoms in total. The van der Waals surface area contributed by atoms with Crippen LogP contribution in [0, 0.1) is 0 Å². The van der Waals surface area contributed by atoms with Crippen molar-refractivity contribution in [2.24, 2.45) is 4.99 Å². The van der Waals surface area contributed by atoms with Crippen molar-refractivity contribution in [3.8, 4) is 0 Å². The van der Waals surface area contributed by atoms with E-state index in [0.29, 0.717) is 6.54 Å². The van der Waals surface area contributed by atoms with E-state index in [4.69, 9.17) is 14.5 Å². The smallest absolute Gasteiger partial charge is 0.410 e. The fourth-order valence-electron chi connectivity index (χ4n) is 6.24. The summed E-state index contributed by atoms with van der Waals surface area (Å²) in [6.07, 6.45) is 7.65. The Bertz CT molecular complexity index is 1060. The van der Waals surface area contributed by atoms with E-state index >= 15 is 0 Å². The molecule has 1 aromatic rings. The van der Waals surface area contributed by atoms with E-state index in [9.17, 15) is 4.79 Å². The predicted molar refractivity (Wildman–Crippen MR) is 152 cm³/mol. The first kappa shape index (κ1) is 27.2. The van der Waals surface area contributed by atoms with Crippen molar-refractivity contribution in [1.29, 1.82) is 0 Å². The number of carbonyl (C=O) groups is 1. The number of fused-ring (bicyclic) bond motifs is 2. The third kappa shape index (κ3) is 6.08. The first-order valence-electron chi connectivity index (χ1n) is 14.3. The van der Waals surface area contributed by atoms with Gasteiger partial charge in [0.15, 0.2) is 0 Å². The van der Waals surface area contributed by atoms with E-state index in [-0.39, 0.29) is 24.3 Å². The van der Waals surface area contributed by atoms with Crippen molar-refractivity contribution in [3.05, 3.63) is 41.6 Å². The largest absolute Gasteiger partial charge is 0.444 e. The van der Waals surface area contributed by atoms with Gasteiger partial charge in [0.1, 0.15) is 5.60 Å². The Kier molecular flexibility index (Phi) is 8.12. The molecule has 4 aliphatic heterocycles. The Morgan fingerprint density at radius 1 is 1.18 bits per heavy atom. The lowest BCUT2D eigenvalue weighted by Crippen LogP contribution is -2.55. The van der Waals surface area contributed by atoms with Crippen LogP contribution in [0.4, 0.5) is 10.5 Å². The Labute approximate surface area is 228 Å². The summed E-state index contributed by atoms with van der Waals surface area (Å²) in [5.41, 5.74) is 4.54. The van der Waals surface area contributed by atoms with Gasteiger partial charge in [0, 0.05) is 57.8 Å². The van der Waals surface area contributed by atoms with E-state index < -0.39 is 5.60 Å². The first-order chi connectivity index (χ1) is 18.2. The molecule has 208 valence electrons. The maximum atomic E-state index is 13.5. The Balaban J connectivity index is 1.41. The summed E-state index contributed by atoms with van der Waals surface area (Å²) < 4.78 is 12.0. The Hall–Kier alpha value is -2.42. The van der Waals surface area contributed by atoms with E-state index in [1.165, 1.54) is 16.8 Å². The SMILES string of the molecule is CN1CCN(c2cccc3c2CC(CN(C)C2CCOC4CCC=CN=C42)N(C(=O)OC(C)(C)C)C3)CC1. The molecule has 0 aliphatic carbocycles. The summed E-state index contributed by atoms with van der Waals surface area (Å²) in [4.78, 5) is 27.6. The Morgan fingerprint density at radius 3 is 2.74 bits per heavy atom. The second kappa shape index (κ2) is 11.4. The minimum absolute atomic E-state index is 0.0131. The number of rotatable bonds is 4. The zero-order chi connectivity index (χ0) is 26.9. The van der Waals surface area contributed by atoms with Gasteiger partial charge < -0.3 is 19.3 Å². The molecule has 0 spiro atoms. The fraction of sp³-hybridized carbons (Fsp3) is 0.667. The molecule has 4 aliphatic rings. The Morgan fingerprint density at radius 2 is 1.97 bits per heavy atom. The van der Waals surface area contributed by atoms with Crippen molar-refractivity contribution in [2.75, 3.05) is 58.3 Å². The molecule has 0 bridgehead atoms. The van der Waals surface area contributed by atoms with Gasteiger partial charge in [-0.25, -0.2) is 4.79 Å². The number of anilines is 1. The van der Waals surface area contributed by atoms with Crippen LogP contribution in [0.25, 0.3) is 0 Å². The maximum Gasteiger partial charge on any atom is 0.410 e. The topological polar surface area (TPSA) is 60.9 Å².